The van der Waals surface area contributed by atoms with Gasteiger partial charge in [0.1, 0.15) is 30.6 Å². The molecule has 1 aromatic heterocycles. The number of aromatic nitrogens is 2. The third kappa shape index (κ3) is 17.2. The van der Waals surface area contributed by atoms with Crippen molar-refractivity contribution in [3.63, 3.8) is 0 Å². The van der Waals surface area contributed by atoms with E-state index in [1.54, 1.807) is 7.11 Å². The number of nitrogens with zero attached hydrogens (tertiary/aromatic N) is 3. The van der Waals surface area contributed by atoms with E-state index in [-0.39, 0.29) is 41.5 Å². The van der Waals surface area contributed by atoms with E-state index in [1.165, 1.54) is 52.0 Å². The number of hydrogen-bond donors (Lipinski definition) is 3. The number of carbonyl (C=O) groups excluding carboxylic acids is 3. The number of hydrogen-bond acceptors (Lipinski definition) is 10. The molecule has 1 saturated carbocycles. The average Bonchev–Trinajstić information content (AvgIpc) is 3.71. The van der Waals surface area contributed by atoms with Crippen LogP contribution in [0.1, 0.15) is 90.7 Å². The number of nitrogens with two attached hydrogens (primary N) is 1. The van der Waals surface area contributed by atoms with Crippen LogP contribution in [-0.4, -0.2) is 79.2 Å². The van der Waals surface area contributed by atoms with Crippen molar-refractivity contribution >= 4 is 30.4 Å². The number of rotatable bonds is 10. The molecule has 1 aliphatic heterocycles. The molecule has 11 nitrogen and oxygen atoms in total. The summed E-state index contributed by atoms with van der Waals surface area (Å²) in [5.41, 5.74) is 6.35. The first kappa shape index (κ1) is 46.2. The minimum atomic E-state index is -0.831. The second-order valence-electron chi connectivity index (χ2n) is 12.5. The molecule has 47 heavy (non-hydrogen) atoms. The number of unbranched alkanes of at least 4 members (excludes halogenated alkanes) is 2. The number of benzene rings is 1. The van der Waals surface area contributed by atoms with E-state index in [9.17, 15) is 14.4 Å². The number of ether oxygens (including phenoxy) is 1. The fourth-order valence-electron chi connectivity index (χ4n) is 5.35. The molecule has 2 aromatic rings. The van der Waals surface area contributed by atoms with Gasteiger partial charge in [0.15, 0.2) is 0 Å². The SMILES string of the molecule is C=O.CC(C)(C)[C@H](O)C=O.CN.CN1CCC(CC#N)C1[C-]=O.COc1ccc2nc(CCCCCC3CCCC3)c(=O)[nH]c2c1.[V]. The summed E-state index contributed by atoms with van der Waals surface area (Å²) in [7, 11) is 5.01. The Labute approximate surface area is 292 Å². The first-order chi connectivity index (χ1) is 22.0. The molecule has 2 aliphatic rings. The van der Waals surface area contributed by atoms with E-state index < -0.39 is 6.10 Å². The summed E-state index contributed by atoms with van der Waals surface area (Å²) in [6, 6.07) is 7.53. The number of aromatic amines is 1. The van der Waals surface area contributed by atoms with Crippen molar-refractivity contribution in [2.45, 2.75) is 104 Å². The number of aldehydes is 1. The Kier molecular flexibility index (Phi) is 25.7. The quantitative estimate of drug-likeness (QED) is 0.182. The van der Waals surface area contributed by atoms with E-state index in [4.69, 9.17) is 19.9 Å². The van der Waals surface area contributed by atoms with Crippen molar-refractivity contribution in [3.05, 3.63) is 34.2 Å². The zero-order valence-corrected chi connectivity index (χ0v) is 30.6. The topological polar surface area (TPSA) is 179 Å². The van der Waals surface area contributed by atoms with Crippen LogP contribution < -0.4 is 16.0 Å². The zero-order valence-electron chi connectivity index (χ0n) is 29.2. The van der Waals surface area contributed by atoms with Crippen LogP contribution in [-0.2, 0) is 39.4 Å². The van der Waals surface area contributed by atoms with Gasteiger partial charge < -0.3 is 39.8 Å². The summed E-state index contributed by atoms with van der Waals surface area (Å²) in [6.45, 7) is 8.34. The fraction of sp³-hybridized carbons (Fsp3) is 0.657. The largest absolute Gasteiger partial charge is 0.540 e. The molecule has 1 aromatic carbocycles. The molecule has 2 heterocycles. The number of likely N-dealkylation sites (tertiary alicyclic amines) is 1. The molecule has 0 amide bonds. The number of aryl methyl sites for hydroxylation is 1. The normalized spacial score (nSPS) is 17.8. The van der Waals surface area contributed by atoms with Gasteiger partial charge in [0.25, 0.3) is 5.56 Å². The van der Waals surface area contributed by atoms with Gasteiger partial charge in [-0.25, -0.2) is 11.3 Å². The van der Waals surface area contributed by atoms with Gasteiger partial charge in [0.2, 0.25) is 0 Å². The molecule has 4 N–H and O–H groups in total. The molecule has 3 atom stereocenters. The van der Waals surface area contributed by atoms with Gasteiger partial charge in [-0.3, -0.25) is 4.79 Å². The van der Waals surface area contributed by atoms with Crippen LogP contribution in [0.25, 0.3) is 11.0 Å². The number of H-pyrrole nitrogens is 1. The Bertz CT molecular complexity index is 1240. The van der Waals surface area contributed by atoms with E-state index in [1.807, 2.05) is 64.0 Å². The number of aliphatic hydroxyl groups excluding tert-OH is 1. The molecule has 1 radical (unpaired) electrons. The van der Waals surface area contributed by atoms with Crippen molar-refractivity contribution in [2.75, 3.05) is 27.7 Å². The second kappa shape index (κ2) is 26.1. The minimum absolute atomic E-state index is 0. The Hall–Kier alpha value is -2.88. The first-order valence-corrected chi connectivity index (χ1v) is 16.1. The van der Waals surface area contributed by atoms with Crippen molar-refractivity contribution in [3.8, 4) is 11.8 Å². The van der Waals surface area contributed by atoms with E-state index in [0.717, 1.165) is 48.5 Å². The van der Waals surface area contributed by atoms with E-state index in [0.29, 0.717) is 18.4 Å². The monoisotopic (exact) mass is 693 g/mol. The summed E-state index contributed by atoms with van der Waals surface area (Å²) in [4.78, 5) is 49.9. The minimum Gasteiger partial charge on any atom is -0.540 e. The zero-order chi connectivity index (χ0) is 35.1. The maximum Gasteiger partial charge on any atom is 0.270 e. The maximum atomic E-state index is 12.1. The van der Waals surface area contributed by atoms with Crippen LogP contribution in [0.3, 0.4) is 0 Å². The summed E-state index contributed by atoms with van der Waals surface area (Å²) >= 11 is 0. The number of carbonyl (C=O) groups is 2. The molecule has 2 unspecified atom stereocenters. The van der Waals surface area contributed by atoms with Crippen molar-refractivity contribution < 1.29 is 42.8 Å². The van der Waals surface area contributed by atoms with Gasteiger partial charge in [-0.2, -0.15) is 5.26 Å². The molecule has 12 heteroatoms. The molecule has 263 valence electrons. The Balaban J connectivity index is 0. The van der Waals surface area contributed by atoms with Crippen LogP contribution in [0, 0.1) is 28.6 Å². The molecule has 0 spiro atoms. The van der Waals surface area contributed by atoms with Gasteiger partial charge in [0, 0.05) is 31.0 Å². The third-order valence-corrected chi connectivity index (χ3v) is 8.23. The summed E-state index contributed by atoms with van der Waals surface area (Å²) in [5, 5.41) is 17.3. The molecule has 1 saturated heterocycles. The van der Waals surface area contributed by atoms with Gasteiger partial charge in [-0.05, 0) is 69.3 Å². The maximum absolute atomic E-state index is 12.1. The van der Waals surface area contributed by atoms with Crippen LogP contribution in [0.2, 0.25) is 0 Å². The van der Waals surface area contributed by atoms with E-state index >= 15 is 0 Å². The number of nitrogens with one attached hydrogen (secondary N) is 1. The van der Waals surface area contributed by atoms with Crippen LogP contribution in [0.15, 0.2) is 23.0 Å². The number of nitriles is 1. The summed E-state index contributed by atoms with van der Waals surface area (Å²) in [6.07, 6.45) is 14.5. The molecule has 4 rings (SSSR count). The molecule has 2 fully saturated rings. The molecular weight excluding hydrogens is 637 g/mol. The van der Waals surface area contributed by atoms with Crippen molar-refractivity contribution in [2.24, 2.45) is 23.0 Å². The summed E-state index contributed by atoms with van der Waals surface area (Å²) < 4.78 is 5.18. The summed E-state index contributed by atoms with van der Waals surface area (Å²) in [5.74, 6) is 1.91. The second-order valence-corrected chi connectivity index (χ2v) is 12.5. The predicted molar refractivity (Wildman–Crippen MR) is 182 cm³/mol. The number of aliphatic hydroxyl groups is 1. The van der Waals surface area contributed by atoms with Gasteiger partial charge in [-0.15, -0.1) is 0 Å². The average molecular weight is 694 g/mol. The van der Waals surface area contributed by atoms with Crippen LogP contribution in [0.4, 0.5) is 0 Å². The van der Waals surface area contributed by atoms with Gasteiger partial charge in [0.05, 0.1) is 24.2 Å². The smallest absolute Gasteiger partial charge is 0.270 e. The Morgan fingerprint density at radius 1 is 1.21 bits per heavy atom. The van der Waals surface area contributed by atoms with Crippen LogP contribution >= 0.6 is 0 Å². The fourth-order valence-corrected chi connectivity index (χ4v) is 5.35. The Morgan fingerprint density at radius 2 is 1.85 bits per heavy atom. The van der Waals surface area contributed by atoms with Crippen molar-refractivity contribution in [1.29, 1.82) is 5.26 Å². The number of likely N-dealkylation sites (N-methyl/N-ethyl adjacent to an activating group) is 1. The number of methoxy groups -OCH3 is 1. The Morgan fingerprint density at radius 3 is 2.36 bits per heavy atom. The predicted octanol–water partition coefficient (Wildman–Crippen LogP) is 4.53. The standard InChI is InChI=1S/C19H26N2O2.C8H11N2O.C6H12O2.CH5N.CH2O.V/c1-23-15-11-12-16-18(13-15)21-19(22)17(20-16)10-4-2-3-7-14-8-5-6-9-14;1-10-5-3-7(2-4-9)8(10)6-11;1-6(2,3)5(8)4-7;2*1-2;/h11-14H,2-10H2,1H3,(H,21,22);7-8H,2-3,5H2,1H3;4-5,8H,1-3H3;2H2,1H3;1H2;/q;-1;;;;/t;;5-;;;/m..1.../s1. The van der Waals surface area contributed by atoms with Crippen molar-refractivity contribution in [1.82, 2.24) is 14.9 Å². The molecule has 0 bridgehead atoms. The third-order valence-electron chi connectivity index (χ3n) is 8.23. The van der Waals surface area contributed by atoms with Gasteiger partial charge >= 0.3 is 0 Å². The first-order valence-electron chi connectivity index (χ1n) is 16.1. The number of fused-ring (bicyclic) bond motifs is 1. The van der Waals surface area contributed by atoms with Gasteiger partial charge in [-0.1, -0.05) is 71.8 Å². The molecule has 1 aliphatic carbocycles. The molecular formula is C35H56N5O6V-. The van der Waals surface area contributed by atoms with E-state index in [2.05, 4.69) is 21.8 Å². The van der Waals surface area contributed by atoms with Crippen LogP contribution in [0.5, 0.6) is 5.75 Å².